The van der Waals surface area contributed by atoms with Crippen LogP contribution in [0.2, 0.25) is 0 Å². The maximum absolute atomic E-state index is 5.97. The van der Waals surface area contributed by atoms with Gasteiger partial charge in [-0.3, -0.25) is 0 Å². The molecule has 0 spiro atoms. The lowest BCUT2D eigenvalue weighted by Crippen LogP contribution is -2.16. The molecule has 0 saturated carbocycles. The first-order chi connectivity index (χ1) is 16.8. The minimum atomic E-state index is 0.210. The Morgan fingerprint density at radius 1 is 1.03 bits per heavy atom. The molecule has 1 atom stereocenters. The molecule has 0 N–H and O–H groups in total. The summed E-state index contributed by atoms with van der Waals surface area (Å²) < 4.78 is 20.1. The molecule has 1 fully saturated rings. The van der Waals surface area contributed by atoms with E-state index in [4.69, 9.17) is 18.6 Å². The van der Waals surface area contributed by atoms with Crippen molar-refractivity contribution >= 4 is 22.7 Å². The molecule has 0 bridgehead atoms. The van der Waals surface area contributed by atoms with Crippen molar-refractivity contribution in [3.05, 3.63) is 72.2 Å². The smallest absolute Gasteiger partial charge is 0.284 e. The summed E-state index contributed by atoms with van der Waals surface area (Å²) in [5.41, 5.74) is 4.04. The molecule has 1 unspecified atom stereocenters. The largest absolute Gasteiger partial charge is 0.451 e. The van der Waals surface area contributed by atoms with Gasteiger partial charge >= 0.3 is 0 Å². The monoisotopic (exact) mass is 472 g/mol. The number of thioether (sulfide) groups is 1. The summed E-state index contributed by atoms with van der Waals surface area (Å²) in [5, 5.41) is 10.5. The van der Waals surface area contributed by atoms with Crippen LogP contribution in [0.4, 0.5) is 0 Å². The van der Waals surface area contributed by atoms with E-state index in [2.05, 4.69) is 26.9 Å². The van der Waals surface area contributed by atoms with Gasteiger partial charge in [0.25, 0.3) is 5.89 Å². The van der Waals surface area contributed by atoms with Crippen LogP contribution in [0, 0.1) is 6.92 Å². The number of hydrogen-bond donors (Lipinski definition) is 0. The Morgan fingerprint density at radius 2 is 1.88 bits per heavy atom. The van der Waals surface area contributed by atoms with Crippen LogP contribution in [0.15, 0.2) is 74.8 Å². The van der Waals surface area contributed by atoms with E-state index in [0.717, 1.165) is 58.9 Å². The Hall–Kier alpha value is -3.36. The van der Waals surface area contributed by atoms with E-state index < -0.39 is 0 Å². The number of ether oxygens (including phenoxy) is 1. The average Bonchev–Trinajstić information content (AvgIpc) is 3.67. The van der Waals surface area contributed by atoms with Gasteiger partial charge in [0, 0.05) is 17.6 Å². The zero-order valence-corrected chi connectivity index (χ0v) is 19.6. The van der Waals surface area contributed by atoms with Crippen LogP contribution in [0.3, 0.4) is 0 Å². The third-order valence-corrected chi connectivity index (χ3v) is 7.10. The Bertz CT molecular complexity index is 1420. The zero-order chi connectivity index (χ0) is 22.9. The quantitative estimate of drug-likeness (QED) is 0.264. The maximum atomic E-state index is 5.97. The third-order valence-electron chi connectivity index (χ3n) is 6.13. The zero-order valence-electron chi connectivity index (χ0n) is 18.8. The summed E-state index contributed by atoms with van der Waals surface area (Å²) in [6.07, 6.45) is 4.32. The summed E-state index contributed by atoms with van der Waals surface area (Å²) in [4.78, 5) is 4.72. The molecular weight excluding hydrogens is 448 g/mol. The Kier molecular flexibility index (Phi) is 5.68. The van der Waals surface area contributed by atoms with Crippen LogP contribution in [0.25, 0.3) is 33.9 Å². The first-order valence-electron chi connectivity index (χ1n) is 11.4. The second-order valence-electron chi connectivity index (χ2n) is 8.38. The van der Waals surface area contributed by atoms with Gasteiger partial charge < -0.3 is 18.1 Å². The number of imidazole rings is 1. The normalized spacial score (nSPS) is 16.0. The van der Waals surface area contributed by atoms with Gasteiger partial charge in [-0.1, -0.05) is 60.3 Å². The van der Waals surface area contributed by atoms with Crippen molar-refractivity contribution in [3.8, 4) is 22.9 Å². The lowest BCUT2D eigenvalue weighted by Gasteiger charge is -2.15. The van der Waals surface area contributed by atoms with Gasteiger partial charge in [0.15, 0.2) is 10.9 Å². The Balaban J connectivity index is 1.24. The number of nitrogens with zero attached hydrogens (tertiary/aromatic N) is 4. The highest BCUT2D eigenvalue weighted by Crippen LogP contribution is 2.34. The molecule has 8 heteroatoms. The van der Waals surface area contributed by atoms with E-state index in [1.165, 1.54) is 0 Å². The van der Waals surface area contributed by atoms with Crippen LogP contribution in [-0.4, -0.2) is 32.5 Å². The van der Waals surface area contributed by atoms with Crippen molar-refractivity contribution in [2.75, 3.05) is 6.61 Å². The second kappa shape index (κ2) is 9.12. The van der Waals surface area contributed by atoms with E-state index >= 15 is 0 Å². The van der Waals surface area contributed by atoms with Crippen LogP contribution >= 0.6 is 11.8 Å². The first kappa shape index (κ1) is 21.2. The number of aromatic nitrogens is 4. The van der Waals surface area contributed by atoms with Crippen molar-refractivity contribution in [1.29, 1.82) is 0 Å². The van der Waals surface area contributed by atoms with E-state index in [1.54, 1.807) is 11.8 Å². The summed E-state index contributed by atoms with van der Waals surface area (Å²) in [6.45, 7) is 3.61. The topological polar surface area (TPSA) is 79.1 Å². The molecule has 172 valence electrons. The molecular formula is C26H24N4O3S. The number of benzene rings is 2. The molecule has 1 saturated heterocycles. The van der Waals surface area contributed by atoms with Crippen molar-refractivity contribution in [2.45, 2.75) is 43.3 Å². The van der Waals surface area contributed by atoms with E-state index in [-0.39, 0.29) is 6.10 Å². The van der Waals surface area contributed by atoms with Crippen molar-refractivity contribution in [3.63, 3.8) is 0 Å². The number of fused-ring (bicyclic) bond motifs is 1. The van der Waals surface area contributed by atoms with Gasteiger partial charge in [-0.2, -0.15) is 0 Å². The number of para-hydroxylation sites is 1. The fourth-order valence-electron chi connectivity index (χ4n) is 4.39. The molecule has 0 aliphatic carbocycles. The molecule has 4 heterocycles. The highest BCUT2D eigenvalue weighted by molar-refractivity contribution is 7.98. The van der Waals surface area contributed by atoms with Gasteiger partial charge in [-0.05, 0) is 31.4 Å². The van der Waals surface area contributed by atoms with Crippen LogP contribution < -0.4 is 0 Å². The minimum Gasteiger partial charge on any atom is -0.451 e. The van der Waals surface area contributed by atoms with Crippen molar-refractivity contribution < 1.29 is 13.6 Å². The molecule has 7 nitrogen and oxygen atoms in total. The molecule has 34 heavy (non-hydrogen) atoms. The van der Waals surface area contributed by atoms with E-state index in [0.29, 0.717) is 23.3 Å². The van der Waals surface area contributed by atoms with Crippen LogP contribution in [0.5, 0.6) is 0 Å². The molecule has 6 rings (SSSR count). The van der Waals surface area contributed by atoms with Gasteiger partial charge in [0.2, 0.25) is 5.89 Å². The van der Waals surface area contributed by atoms with E-state index in [9.17, 15) is 0 Å². The summed E-state index contributed by atoms with van der Waals surface area (Å²) in [5.74, 6) is 2.07. The highest BCUT2D eigenvalue weighted by Gasteiger charge is 2.22. The summed E-state index contributed by atoms with van der Waals surface area (Å²) in [6, 6.07) is 18.3. The fourth-order valence-corrected chi connectivity index (χ4v) is 5.22. The SMILES string of the molecule is Cc1c(-c2nnc(CSc3ncc(-c4ccccc4)n3CC3CCCO3)o2)oc2ccccc12. The molecule has 3 aromatic heterocycles. The van der Waals surface area contributed by atoms with Gasteiger partial charge in [0.1, 0.15) is 5.58 Å². The average molecular weight is 473 g/mol. The summed E-state index contributed by atoms with van der Waals surface area (Å²) in [7, 11) is 0. The highest BCUT2D eigenvalue weighted by atomic mass is 32.2. The molecule has 2 aromatic carbocycles. The fraction of sp³-hybridized carbons (Fsp3) is 0.269. The third kappa shape index (κ3) is 4.03. The molecule has 1 aliphatic heterocycles. The molecule has 5 aromatic rings. The van der Waals surface area contributed by atoms with Crippen molar-refractivity contribution in [2.24, 2.45) is 0 Å². The first-order valence-corrected chi connectivity index (χ1v) is 12.4. The Labute approximate surface area is 201 Å². The standard InChI is InChI=1S/C26H24N4O3S/c1-17-20-11-5-6-12-22(20)32-24(17)25-29-28-23(33-25)16-34-26-27-14-21(18-8-3-2-4-9-18)30(26)15-19-10-7-13-31-19/h2-6,8-9,11-12,14,19H,7,10,13,15-16H2,1H3. The second-order valence-corrected chi connectivity index (χ2v) is 9.32. The lowest BCUT2D eigenvalue weighted by molar-refractivity contribution is 0.0954. The molecule has 1 aliphatic rings. The number of aryl methyl sites for hydroxylation is 1. The van der Waals surface area contributed by atoms with Crippen LogP contribution in [-0.2, 0) is 17.0 Å². The number of hydrogen-bond acceptors (Lipinski definition) is 7. The summed E-state index contributed by atoms with van der Waals surface area (Å²) >= 11 is 1.59. The number of furan rings is 1. The van der Waals surface area contributed by atoms with Gasteiger partial charge in [-0.25, -0.2) is 4.98 Å². The number of rotatable bonds is 7. The maximum Gasteiger partial charge on any atom is 0.284 e. The predicted octanol–water partition coefficient (Wildman–Crippen LogP) is 6.13. The van der Waals surface area contributed by atoms with Crippen LogP contribution in [0.1, 0.15) is 24.3 Å². The van der Waals surface area contributed by atoms with Gasteiger partial charge in [-0.15, -0.1) is 10.2 Å². The molecule has 0 amide bonds. The van der Waals surface area contributed by atoms with E-state index in [1.807, 2.05) is 55.6 Å². The Morgan fingerprint density at radius 3 is 2.71 bits per heavy atom. The predicted molar refractivity (Wildman–Crippen MR) is 130 cm³/mol. The van der Waals surface area contributed by atoms with Gasteiger partial charge in [0.05, 0.1) is 30.3 Å². The lowest BCUT2D eigenvalue weighted by atomic mass is 10.1. The molecule has 0 radical (unpaired) electrons. The van der Waals surface area contributed by atoms with Crippen molar-refractivity contribution in [1.82, 2.24) is 19.7 Å². The minimum absolute atomic E-state index is 0.210.